The molecule has 21 heavy (non-hydrogen) atoms. The highest BCUT2D eigenvalue weighted by molar-refractivity contribution is 8.00. The summed E-state index contributed by atoms with van der Waals surface area (Å²) in [7, 11) is 0. The number of rotatable bonds is 6. The molecule has 0 aromatic heterocycles. The maximum Gasteiger partial charge on any atom is 0.303 e. The molecule has 1 aromatic carbocycles. The van der Waals surface area contributed by atoms with E-state index < -0.39 is 5.97 Å². The van der Waals surface area contributed by atoms with Crippen LogP contribution >= 0.6 is 11.8 Å². The summed E-state index contributed by atoms with van der Waals surface area (Å²) in [6.07, 6.45) is 1.67. The second kappa shape index (κ2) is 7.45. The van der Waals surface area contributed by atoms with Crippen LogP contribution in [0.25, 0.3) is 0 Å². The van der Waals surface area contributed by atoms with Gasteiger partial charge in [-0.25, -0.2) is 4.39 Å². The molecular formula is C15H18FNO3S. The molecule has 1 aliphatic heterocycles. The SMILES string of the molecule is O=C(O)CCC1CCN(C(=O)CSc2ccc(F)cc2)C1. The smallest absolute Gasteiger partial charge is 0.303 e. The van der Waals surface area contributed by atoms with Crippen molar-refractivity contribution in [3.63, 3.8) is 0 Å². The first-order valence-corrected chi connectivity index (χ1v) is 7.91. The van der Waals surface area contributed by atoms with Gasteiger partial charge in [0.25, 0.3) is 0 Å². The van der Waals surface area contributed by atoms with E-state index in [1.54, 1.807) is 17.0 Å². The van der Waals surface area contributed by atoms with E-state index in [2.05, 4.69) is 0 Å². The van der Waals surface area contributed by atoms with Crippen molar-refractivity contribution in [3.8, 4) is 0 Å². The van der Waals surface area contributed by atoms with E-state index in [0.29, 0.717) is 31.2 Å². The fourth-order valence-corrected chi connectivity index (χ4v) is 3.19. The van der Waals surface area contributed by atoms with Gasteiger partial charge in [-0.1, -0.05) is 0 Å². The van der Waals surface area contributed by atoms with Crippen molar-refractivity contribution in [1.29, 1.82) is 0 Å². The lowest BCUT2D eigenvalue weighted by Gasteiger charge is -2.16. The third kappa shape index (κ3) is 5.04. The monoisotopic (exact) mass is 311 g/mol. The van der Waals surface area contributed by atoms with Crippen LogP contribution in [-0.4, -0.2) is 40.7 Å². The fraction of sp³-hybridized carbons (Fsp3) is 0.467. The van der Waals surface area contributed by atoms with Crippen molar-refractivity contribution >= 4 is 23.6 Å². The lowest BCUT2D eigenvalue weighted by Crippen LogP contribution is -2.30. The van der Waals surface area contributed by atoms with Gasteiger partial charge < -0.3 is 10.0 Å². The third-order valence-electron chi connectivity index (χ3n) is 3.58. The lowest BCUT2D eigenvalue weighted by atomic mass is 10.0. The van der Waals surface area contributed by atoms with Gasteiger partial charge in [-0.3, -0.25) is 9.59 Å². The molecule has 1 heterocycles. The Morgan fingerprint density at radius 3 is 2.71 bits per heavy atom. The van der Waals surface area contributed by atoms with Gasteiger partial charge in [0, 0.05) is 24.4 Å². The molecule has 114 valence electrons. The van der Waals surface area contributed by atoms with E-state index in [-0.39, 0.29) is 18.1 Å². The molecule has 1 saturated heterocycles. The number of hydrogen-bond donors (Lipinski definition) is 1. The van der Waals surface area contributed by atoms with E-state index >= 15 is 0 Å². The van der Waals surface area contributed by atoms with Crippen LogP contribution in [0, 0.1) is 11.7 Å². The summed E-state index contributed by atoms with van der Waals surface area (Å²) in [5, 5.41) is 8.67. The predicted molar refractivity (Wildman–Crippen MR) is 78.7 cm³/mol. The molecule has 2 rings (SSSR count). The zero-order valence-corrected chi connectivity index (χ0v) is 12.4. The van der Waals surface area contributed by atoms with Gasteiger partial charge in [0.05, 0.1) is 5.75 Å². The Labute approximate surface area is 127 Å². The van der Waals surface area contributed by atoms with Gasteiger partial charge in [0.15, 0.2) is 0 Å². The van der Waals surface area contributed by atoms with Gasteiger partial charge in [0.2, 0.25) is 5.91 Å². The first-order valence-electron chi connectivity index (χ1n) is 6.92. The molecule has 0 bridgehead atoms. The van der Waals surface area contributed by atoms with Crippen LogP contribution in [0.3, 0.4) is 0 Å². The molecule has 1 aliphatic rings. The van der Waals surface area contributed by atoms with Crippen LogP contribution in [0.4, 0.5) is 4.39 Å². The Morgan fingerprint density at radius 2 is 2.05 bits per heavy atom. The molecule has 1 fully saturated rings. The average Bonchev–Trinajstić information content (AvgIpc) is 2.93. The van der Waals surface area contributed by atoms with Crippen LogP contribution in [0.1, 0.15) is 19.3 Å². The first-order chi connectivity index (χ1) is 10.0. The quantitative estimate of drug-likeness (QED) is 0.821. The Hall–Kier alpha value is -1.56. The Balaban J connectivity index is 1.74. The number of carbonyl (C=O) groups is 2. The van der Waals surface area contributed by atoms with E-state index in [9.17, 15) is 14.0 Å². The molecule has 6 heteroatoms. The molecule has 1 aromatic rings. The van der Waals surface area contributed by atoms with Crippen LogP contribution < -0.4 is 0 Å². The molecule has 0 spiro atoms. The molecule has 0 aliphatic carbocycles. The molecule has 0 saturated carbocycles. The Bertz CT molecular complexity index is 506. The number of nitrogens with zero attached hydrogens (tertiary/aromatic N) is 1. The number of halogens is 1. The minimum Gasteiger partial charge on any atom is -0.481 e. The van der Waals surface area contributed by atoms with E-state index in [4.69, 9.17) is 5.11 Å². The molecule has 4 nitrogen and oxygen atoms in total. The summed E-state index contributed by atoms with van der Waals surface area (Å²) in [4.78, 5) is 25.3. The second-order valence-electron chi connectivity index (χ2n) is 5.17. The van der Waals surface area contributed by atoms with Crippen molar-refractivity contribution in [1.82, 2.24) is 4.90 Å². The highest BCUT2D eigenvalue weighted by Crippen LogP contribution is 2.23. The van der Waals surface area contributed by atoms with Crippen molar-refractivity contribution in [3.05, 3.63) is 30.1 Å². The van der Waals surface area contributed by atoms with Gasteiger partial charge >= 0.3 is 5.97 Å². The molecule has 0 radical (unpaired) electrons. The summed E-state index contributed by atoms with van der Waals surface area (Å²) in [6.45, 7) is 1.35. The highest BCUT2D eigenvalue weighted by atomic mass is 32.2. The minimum absolute atomic E-state index is 0.0575. The standard InChI is InChI=1S/C15H18FNO3S/c16-12-2-4-13(5-3-12)21-10-14(18)17-8-7-11(9-17)1-6-15(19)20/h2-5,11H,1,6-10H2,(H,19,20). The normalized spacial score (nSPS) is 18.0. The third-order valence-corrected chi connectivity index (χ3v) is 4.58. The number of thioether (sulfide) groups is 1. The molecule has 1 atom stereocenters. The summed E-state index contributed by atoms with van der Waals surface area (Å²) in [6, 6.07) is 6.08. The van der Waals surface area contributed by atoms with Crippen molar-refractivity contribution in [2.45, 2.75) is 24.2 Å². The number of hydrogen-bond acceptors (Lipinski definition) is 3. The van der Waals surface area contributed by atoms with Gasteiger partial charge in [-0.05, 0) is 43.0 Å². The van der Waals surface area contributed by atoms with E-state index in [1.807, 2.05) is 0 Å². The van der Waals surface area contributed by atoms with Crippen molar-refractivity contribution in [2.75, 3.05) is 18.8 Å². The number of aliphatic carboxylic acids is 1. The first kappa shape index (κ1) is 15.8. The van der Waals surface area contributed by atoms with Crippen molar-refractivity contribution < 1.29 is 19.1 Å². The summed E-state index contributed by atoms with van der Waals surface area (Å²) < 4.78 is 12.8. The minimum atomic E-state index is -0.786. The van der Waals surface area contributed by atoms with Crippen LogP contribution in [0.5, 0.6) is 0 Å². The van der Waals surface area contributed by atoms with Crippen LogP contribution in [0.2, 0.25) is 0 Å². The molecule has 1 amide bonds. The van der Waals surface area contributed by atoms with Gasteiger partial charge in [0.1, 0.15) is 5.82 Å². The summed E-state index contributed by atoms with van der Waals surface area (Å²) in [5.74, 6) is -0.391. The molecular weight excluding hydrogens is 293 g/mol. The number of amides is 1. The predicted octanol–water partition coefficient (Wildman–Crippen LogP) is 2.63. The van der Waals surface area contributed by atoms with Crippen LogP contribution in [-0.2, 0) is 9.59 Å². The summed E-state index contributed by atoms with van der Waals surface area (Å²) in [5.41, 5.74) is 0. The van der Waals surface area contributed by atoms with Gasteiger partial charge in [-0.2, -0.15) is 0 Å². The molecule has 1 N–H and O–H groups in total. The van der Waals surface area contributed by atoms with Crippen LogP contribution in [0.15, 0.2) is 29.2 Å². The largest absolute Gasteiger partial charge is 0.481 e. The Kier molecular flexibility index (Phi) is 5.61. The highest BCUT2D eigenvalue weighted by Gasteiger charge is 2.26. The maximum absolute atomic E-state index is 12.8. The number of benzene rings is 1. The van der Waals surface area contributed by atoms with Gasteiger partial charge in [-0.15, -0.1) is 11.8 Å². The maximum atomic E-state index is 12.8. The lowest BCUT2D eigenvalue weighted by molar-refractivity contribution is -0.137. The number of likely N-dealkylation sites (tertiary alicyclic amines) is 1. The number of carboxylic acids is 1. The zero-order valence-electron chi connectivity index (χ0n) is 11.6. The average molecular weight is 311 g/mol. The van der Waals surface area contributed by atoms with Crippen molar-refractivity contribution in [2.24, 2.45) is 5.92 Å². The second-order valence-corrected chi connectivity index (χ2v) is 6.22. The molecule has 1 unspecified atom stereocenters. The Morgan fingerprint density at radius 1 is 1.33 bits per heavy atom. The van der Waals surface area contributed by atoms with E-state index in [1.165, 1.54) is 23.9 Å². The topological polar surface area (TPSA) is 57.6 Å². The fourth-order valence-electron chi connectivity index (χ4n) is 2.39. The number of carboxylic acid groups (broad SMARTS) is 1. The summed E-state index contributed by atoms with van der Waals surface area (Å²) >= 11 is 1.39. The van der Waals surface area contributed by atoms with E-state index in [0.717, 1.165) is 11.3 Å². The number of carbonyl (C=O) groups excluding carboxylic acids is 1. The zero-order chi connectivity index (χ0) is 15.2.